The zero-order valence-corrected chi connectivity index (χ0v) is 12.3. The Balaban J connectivity index is 2.15. The highest BCUT2D eigenvalue weighted by Crippen LogP contribution is 2.38. The highest BCUT2D eigenvalue weighted by atomic mass is 35.5. The number of nitrogens with zero attached hydrogens (tertiary/aromatic N) is 3. The SMILES string of the molecule is O=Cc1cn(-c2ccncc2)nc1-c1cc(Cl)sc1Cl. The zero-order chi connectivity index (χ0) is 14.1. The average molecular weight is 324 g/mol. The topological polar surface area (TPSA) is 47.8 Å². The summed E-state index contributed by atoms with van der Waals surface area (Å²) in [5.41, 5.74) is 2.45. The first-order valence-corrected chi connectivity index (χ1v) is 7.16. The smallest absolute Gasteiger partial charge is 0.153 e. The van der Waals surface area contributed by atoms with Crippen LogP contribution >= 0.6 is 34.5 Å². The fourth-order valence-electron chi connectivity index (χ4n) is 1.81. The molecule has 100 valence electrons. The van der Waals surface area contributed by atoms with Crippen LogP contribution in [-0.2, 0) is 0 Å². The van der Waals surface area contributed by atoms with E-state index in [1.807, 2.05) is 0 Å². The second-order valence-electron chi connectivity index (χ2n) is 3.94. The van der Waals surface area contributed by atoms with Gasteiger partial charge in [0.2, 0.25) is 0 Å². The van der Waals surface area contributed by atoms with Crippen LogP contribution in [0.2, 0.25) is 8.67 Å². The molecule has 0 fully saturated rings. The second kappa shape index (κ2) is 5.36. The number of carbonyl (C=O) groups is 1. The van der Waals surface area contributed by atoms with E-state index in [-0.39, 0.29) is 0 Å². The quantitative estimate of drug-likeness (QED) is 0.681. The lowest BCUT2D eigenvalue weighted by Gasteiger charge is -1.99. The van der Waals surface area contributed by atoms with Crippen LogP contribution in [0.5, 0.6) is 0 Å². The maximum atomic E-state index is 11.2. The monoisotopic (exact) mass is 323 g/mol. The molecular formula is C13H7Cl2N3OS. The highest BCUT2D eigenvalue weighted by Gasteiger charge is 2.16. The summed E-state index contributed by atoms with van der Waals surface area (Å²) in [6.07, 6.45) is 5.72. The third-order valence-electron chi connectivity index (χ3n) is 2.71. The maximum absolute atomic E-state index is 11.2. The molecule has 0 bridgehead atoms. The molecule has 0 spiro atoms. The van der Waals surface area contributed by atoms with Crippen molar-refractivity contribution in [2.45, 2.75) is 0 Å². The van der Waals surface area contributed by atoms with Crippen molar-refractivity contribution in [1.29, 1.82) is 0 Å². The molecule has 0 N–H and O–H groups in total. The number of aromatic nitrogens is 3. The van der Waals surface area contributed by atoms with Crippen molar-refractivity contribution in [3.63, 3.8) is 0 Å². The summed E-state index contributed by atoms with van der Waals surface area (Å²) in [6, 6.07) is 5.31. The van der Waals surface area contributed by atoms with Gasteiger partial charge in [0.25, 0.3) is 0 Å². The molecule has 3 heterocycles. The number of hydrogen-bond donors (Lipinski definition) is 0. The molecule has 0 aromatic carbocycles. The van der Waals surface area contributed by atoms with Gasteiger partial charge >= 0.3 is 0 Å². The molecule has 0 saturated carbocycles. The largest absolute Gasteiger partial charge is 0.298 e. The summed E-state index contributed by atoms with van der Waals surface area (Å²) in [7, 11) is 0. The molecule has 0 saturated heterocycles. The van der Waals surface area contributed by atoms with Crippen LogP contribution in [0.4, 0.5) is 0 Å². The molecule has 0 aliphatic carbocycles. The van der Waals surface area contributed by atoms with Gasteiger partial charge < -0.3 is 0 Å². The van der Waals surface area contributed by atoms with E-state index < -0.39 is 0 Å². The van der Waals surface area contributed by atoms with Crippen LogP contribution in [0.1, 0.15) is 10.4 Å². The van der Waals surface area contributed by atoms with Crippen LogP contribution in [0, 0.1) is 0 Å². The van der Waals surface area contributed by atoms with Crippen molar-refractivity contribution in [3.8, 4) is 16.9 Å². The molecule has 0 aliphatic heterocycles. The summed E-state index contributed by atoms with van der Waals surface area (Å²) in [5, 5.41) is 4.42. The molecule has 4 nitrogen and oxygen atoms in total. The fourth-order valence-corrected chi connectivity index (χ4v) is 3.28. The van der Waals surface area contributed by atoms with Crippen molar-refractivity contribution in [2.24, 2.45) is 0 Å². The summed E-state index contributed by atoms with van der Waals surface area (Å²) in [6.45, 7) is 0. The molecule has 0 unspecified atom stereocenters. The van der Waals surface area contributed by atoms with E-state index in [4.69, 9.17) is 23.2 Å². The van der Waals surface area contributed by atoms with Gasteiger partial charge in [0.15, 0.2) is 6.29 Å². The Morgan fingerprint density at radius 1 is 1.25 bits per heavy atom. The lowest BCUT2D eigenvalue weighted by Crippen LogP contribution is -1.94. The number of carbonyl (C=O) groups excluding carboxylic acids is 1. The Kier molecular flexibility index (Phi) is 3.56. The zero-order valence-electron chi connectivity index (χ0n) is 9.96. The van der Waals surface area contributed by atoms with Crippen LogP contribution < -0.4 is 0 Å². The predicted molar refractivity (Wildman–Crippen MR) is 80.1 cm³/mol. The molecule has 0 amide bonds. The predicted octanol–water partition coefficient (Wildman–Crippen LogP) is 4.12. The normalized spacial score (nSPS) is 10.7. The van der Waals surface area contributed by atoms with E-state index in [0.717, 1.165) is 12.0 Å². The van der Waals surface area contributed by atoms with E-state index in [9.17, 15) is 4.79 Å². The first kappa shape index (κ1) is 13.3. The van der Waals surface area contributed by atoms with Crippen LogP contribution in [0.15, 0.2) is 36.8 Å². The number of halogens is 2. The molecule has 0 aliphatic rings. The minimum absolute atomic E-state index is 0.457. The van der Waals surface area contributed by atoms with E-state index in [1.165, 1.54) is 11.3 Å². The number of hydrogen-bond acceptors (Lipinski definition) is 4. The Hall–Kier alpha value is -1.69. The number of pyridine rings is 1. The Morgan fingerprint density at radius 3 is 2.60 bits per heavy atom. The van der Waals surface area contributed by atoms with Crippen molar-refractivity contribution in [2.75, 3.05) is 0 Å². The first-order chi connectivity index (χ1) is 9.69. The molecular weight excluding hydrogens is 317 g/mol. The van der Waals surface area contributed by atoms with Gasteiger partial charge in [-0.05, 0) is 18.2 Å². The van der Waals surface area contributed by atoms with Gasteiger partial charge in [-0.2, -0.15) is 5.10 Å². The Bertz CT molecular complexity index is 767. The fraction of sp³-hybridized carbons (Fsp3) is 0. The standard InChI is InChI=1S/C13H7Cl2N3OS/c14-11-5-10(13(15)20-11)12-8(7-19)6-18(17-12)9-1-3-16-4-2-9/h1-7H. The van der Waals surface area contributed by atoms with Gasteiger partial charge in [-0.25, -0.2) is 4.68 Å². The van der Waals surface area contributed by atoms with Crippen molar-refractivity contribution < 1.29 is 4.79 Å². The van der Waals surface area contributed by atoms with Crippen LogP contribution in [0.3, 0.4) is 0 Å². The molecule has 0 atom stereocenters. The average Bonchev–Trinajstić information content (AvgIpc) is 3.02. The summed E-state index contributed by atoms with van der Waals surface area (Å²) in [4.78, 5) is 15.2. The van der Waals surface area contributed by atoms with Gasteiger partial charge in [-0.15, -0.1) is 11.3 Å². The number of aldehydes is 1. The highest BCUT2D eigenvalue weighted by molar-refractivity contribution is 7.20. The Labute approximate surface area is 128 Å². The molecule has 3 rings (SSSR count). The van der Waals surface area contributed by atoms with Gasteiger partial charge in [0.1, 0.15) is 10.0 Å². The summed E-state index contributed by atoms with van der Waals surface area (Å²) in [5.74, 6) is 0. The van der Waals surface area contributed by atoms with E-state index >= 15 is 0 Å². The number of thiophene rings is 1. The molecule has 3 aromatic heterocycles. The Morgan fingerprint density at radius 2 is 2.00 bits per heavy atom. The molecule has 0 radical (unpaired) electrons. The van der Waals surface area contributed by atoms with Crippen molar-refractivity contribution >= 4 is 40.8 Å². The lowest BCUT2D eigenvalue weighted by molar-refractivity contribution is 0.112. The molecule has 3 aromatic rings. The van der Waals surface area contributed by atoms with Crippen molar-refractivity contribution in [3.05, 3.63) is 51.0 Å². The second-order valence-corrected chi connectivity index (χ2v) is 6.22. The molecule has 7 heteroatoms. The van der Waals surface area contributed by atoms with E-state index in [2.05, 4.69) is 10.1 Å². The molecule has 20 heavy (non-hydrogen) atoms. The first-order valence-electron chi connectivity index (χ1n) is 5.59. The minimum atomic E-state index is 0.457. The van der Waals surface area contributed by atoms with Crippen molar-refractivity contribution in [1.82, 2.24) is 14.8 Å². The van der Waals surface area contributed by atoms with E-state index in [1.54, 1.807) is 41.5 Å². The van der Waals surface area contributed by atoms with Gasteiger partial charge in [-0.3, -0.25) is 9.78 Å². The summed E-state index contributed by atoms with van der Waals surface area (Å²) >= 11 is 13.3. The summed E-state index contributed by atoms with van der Waals surface area (Å²) < 4.78 is 2.68. The minimum Gasteiger partial charge on any atom is -0.298 e. The van der Waals surface area contributed by atoms with Crippen LogP contribution in [0.25, 0.3) is 16.9 Å². The third-order valence-corrected chi connectivity index (χ3v) is 4.20. The van der Waals surface area contributed by atoms with Gasteiger partial charge in [0, 0.05) is 24.2 Å². The van der Waals surface area contributed by atoms with Gasteiger partial charge in [-0.1, -0.05) is 23.2 Å². The number of rotatable bonds is 3. The van der Waals surface area contributed by atoms with Gasteiger partial charge in [0.05, 0.1) is 15.6 Å². The maximum Gasteiger partial charge on any atom is 0.153 e. The van der Waals surface area contributed by atoms with E-state index in [0.29, 0.717) is 25.5 Å². The third kappa shape index (κ3) is 2.35. The lowest BCUT2D eigenvalue weighted by atomic mass is 10.2. The van der Waals surface area contributed by atoms with Crippen LogP contribution in [-0.4, -0.2) is 21.1 Å².